The molecule has 5 nitrogen and oxygen atoms in total. The number of H-pyrrole nitrogens is 1. The van der Waals surface area contributed by atoms with Gasteiger partial charge in [-0.1, -0.05) is 18.2 Å². The first-order valence-electron chi connectivity index (χ1n) is 9.55. The number of hydrogen-bond acceptors (Lipinski definition) is 3. The minimum Gasteiger partial charge on any atom is -0.348 e. The second-order valence-electron chi connectivity index (χ2n) is 7.20. The molecule has 150 valence electrons. The molecule has 4 rings (SSSR count). The maximum atomic E-state index is 13.3. The van der Waals surface area contributed by atoms with Gasteiger partial charge >= 0.3 is 0 Å². The molecular weight excluding hydrogens is 381 g/mol. The lowest BCUT2D eigenvalue weighted by Crippen LogP contribution is -2.28. The van der Waals surface area contributed by atoms with Crippen molar-refractivity contribution in [3.05, 3.63) is 99.2 Å². The molecule has 30 heavy (non-hydrogen) atoms. The number of carbonyl (C=O) groups is 1. The van der Waals surface area contributed by atoms with E-state index >= 15 is 0 Å². The van der Waals surface area contributed by atoms with Crippen molar-refractivity contribution in [3.8, 4) is 11.3 Å². The van der Waals surface area contributed by atoms with Gasteiger partial charge in [-0.2, -0.15) is 0 Å². The summed E-state index contributed by atoms with van der Waals surface area (Å²) >= 11 is 0. The van der Waals surface area contributed by atoms with Crippen molar-refractivity contribution in [2.45, 2.75) is 20.4 Å². The molecule has 0 aliphatic rings. The van der Waals surface area contributed by atoms with Gasteiger partial charge in [0.2, 0.25) is 0 Å². The number of amides is 1. The van der Waals surface area contributed by atoms with E-state index in [1.807, 2.05) is 44.2 Å². The van der Waals surface area contributed by atoms with Gasteiger partial charge in [-0.05, 0) is 61.9 Å². The van der Waals surface area contributed by atoms with Crippen molar-refractivity contribution >= 4 is 16.8 Å². The molecule has 0 saturated carbocycles. The summed E-state index contributed by atoms with van der Waals surface area (Å²) in [5, 5.41) is 3.55. The molecule has 0 aliphatic heterocycles. The van der Waals surface area contributed by atoms with Gasteiger partial charge in [-0.15, -0.1) is 0 Å². The highest BCUT2D eigenvalue weighted by Gasteiger charge is 2.15. The van der Waals surface area contributed by atoms with Gasteiger partial charge < -0.3 is 10.3 Å². The number of pyridine rings is 2. The summed E-state index contributed by atoms with van der Waals surface area (Å²) in [5.41, 5.74) is 4.30. The fraction of sp³-hybridized carbons (Fsp3) is 0.125. The number of rotatable bonds is 4. The monoisotopic (exact) mass is 401 g/mol. The molecule has 2 aromatic heterocycles. The summed E-state index contributed by atoms with van der Waals surface area (Å²) in [5.74, 6) is -0.646. The Kier molecular flexibility index (Phi) is 5.14. The first-order valence-corrected chi connectivity index (χ1v) is 9.55. The van der Waals surface area contributed by atoms with Crippen molar-refractivity contribution in [3.63, 3.8) is 0 Å². The van der Waals surface area contributed by atoms with Crippen LogP contribution in [-0.4, -0.2) is 15.9 Å². The maximum absolute atomic E-state index is 13.3. The summed E-state index contributed by atoms with van der Waals surface area (Å²) in [4.78, 5) is 32.7. The van der Waals surface area contributed by atoms with Crippen LogP contribution in [0.1, 0.15) is 27.2 Å². The Hall–Kier alpha value is -3.80. The SMILES string of the molecule is Cc1cc(C)c(CNC(=O)c2cc(-c3ccc(F)cc3)nc3ccccc23)c(=O)[nH]1. The number of aromatic amines is 1. The van der Waals surface area contributed by atoms with Crippen LogP contribution in [0.5, 0.6) is 0 Å². The van der Waals surface area contributed by atoms with Gasteiger partial charge in [-0.25, -0.2) is 9.37 Å². The molecule has 2 aromatic carbocycles. The number of hydrogen-bond donors (Lipinski definition) is 2. The lowest BCUT2D eigenvalue weighted by molar-refractivity contribution is 0.0952. The van der Waals surface area contributed by atoms with E-state index in [4.69, 9.17) is 0 Å². The molecule has 0 spiro atoms. The van der Waals surface area contributed by atoms with E-state index in [1.165, 1.54) is 12.1 Å². The molecule has 0 radical (unpaired) electrons. The van der Waals surface area contributed by atoms with Crippen LogP contribution >= 0.6 is 0 Å². The standard InChI is InChI=1S/C24H20FN3O2/c1-14-11-15(2)27-24(30)20(14)13-26-23(29)19-12-22(16-7-9-17(25)10-8-16)28-21-6-4-3-5-18(19)21/h3-12H,13H2,1-2H3,(H,26,29)(H,27,30). The number of aryl methyl sites for hydroxylation is 2. The number of benzene rings is 2. The van der Waals surface area contributed by atoms with Gasteiger partial charge in [0.25, 0.3) is 11.5 Å². The zero-order valence-corrected chi connectivity index (χ0v) is 16.6. The normalized spacial score (nSPS) is 10.9. The van der Waals surface area contributed by atoms with E-state index in [1.54, 1.807) is 18.2 Å². The molecule has 0 atom stereocenters. The van der Waals surface area contributed by atoms with Gasteiger partial charge in [0.15, 0.2) is 0 Å². The number of nitrogens with one attached hydrogen (secondary N) is 2. The Morgan fingerprint density at radius 3 is 2.53 bits per heavy atom. The fourth-order valence-electron chi connectivity index (χ4n) is 3.50. The van der Waals surface area contributed by atoms with Gasteiger partial charge in [0.1, 0.15) is 5.82 Å². The third kappa shape index (κ3) is 3.85. The minimum atomic E-state index is -0.337. The van der Waals surface area contributed by atoms with E-state index in [-0.39, 0.29) is 23.8 Å². The Morgan fingerprint density at radius 1 is 1.07 bits per heavy atom. The molecule has 0 saturated heterocycles. The minimum absolute atomic E-state index is 0.114. The highest BCUT2D eigenvalue weighted by atomic mass is 19.1. The predicted molar refractivity (Wildman–Crippen MR) is 115 cm³/mol. The third-order valence-corrected chi connectivity index (χ3v) is 5.02. The zero-order valence-electron chi connectivity index (χ0n) is 16.6. The Bertz CT molecular complexity index is 1310. The van der Waals surface area contributed by atoms with Crippen LogP contribution in [0, 0.1) is 19.7 Å². The number of nitrogens with zero attached hydrogens (tertiary/aromatic N) is 1. The molecule has 0 aliphatic carbocycles. The van der Waals surface area contributed by atoms with E-state index in [9.17, 15) is 14.0 Å². The summed E-state index contributed by atoms with van der Waals surface area (Å²) in [6, 6.07) is 16.9. The zero-order chi connectivity index (χ0) is 21.3. The first-order chi connectivity index (χ1) is 14.4. The van der Waals surface area contributed by atoms with Gasteiger partial charge in [-0.3, -0.25) is 9.59 Å². The Labute approximate surface area is 172 Å². The largest absolute Gasteiger partial charge is 0.348 e. The van der Waals surface area contributed by atoms with Crippen LogP contribution in [-0.2, 0) is 6.54 Å². The van der Waals surface area contributed by atoms with E-state index in [0.717, 1.165) is 11.3 Å². The topological polar surface area (TPSA) is 74.8 Å². The van der Waals surface area contributed by atoms with Crippen molar-refractivity contribution in [2.24, 2.45) is 0 Å². The quantitative estimate of drug-likeness (QED) is 0.536. The first kappa shape index (κ1) is 19.5. The van der Waals surface area contributed by atoms with E-state index in [0.29, 0.717) is 33.3 Å². The van der Waals surface area contributed by atoms with E-state index in [2.05, 4.69) is 15.3 Å². The number of fused-ring (bicyclic) bond motifs is 1. The van der Waals surface area contributed by atoms with Crippen molar-refractivity contribution < 1.29 is 9.18 Å². The van der Waals surface area contributed by atoms with Crippen LogP contribution in [0.2, 0.25) is 0 Å². The highest BCUT2D eigenvalue weighted by molar-refractivity contribution is 6.07. The second kappa shape index (κ2) is 7.91. The maximum Gasteiger partial charge on any atom is 0.253 e. The lowest BCUT2D eigenvalue weighted by Gasteiger charge is -2.12. The average Bonchev–Trinajstić information content (AvgIpc) is 2.72. The number of halogens is 1. The van der Waals surface area contributed by atoms with Crippen LogP contribution in [0.15, 0.2) is 65.5 Å². The predicted octanol–water partition coefficient (Wildman–Crippen LogP) is 4.28. The average molecular weight is 401 g/mol. The molecule has 2 N–H and O–H groups in total. The van der Waals surface area contributed by atoms with Crippen molar-refractivity contribution in [2.75, 3.05) is 0 Å². The van der Waals surface area contributed by atoms with Crippen molar-refractivity contribution in [1.82, 2.24) is 15.3 Å². The van der Waals surface area contributed by atoms with Crippen LogP contribution < -0.4 is 10.9 Å². The van der Waals surface area contributed by atoms with E-state index < -0.39 is 0 Å². The third-order valence-electron chi connectivity index (χ3n) is 5.02. The Morgan fingerprint density at radius 2 is 1.80 bits per heavy atom. The molecule has 0 unspecified atom stereocenters. The summed E-state index contributed by atoms with van der Waals surface area (Å²) in [6.45, 7) is 3.78. The Balaban J connectivity index is 1.71. The fourth-order valence-corrected chi connectivity index (χ4v) is 3.50. The van der Waals surface area contributed by atoms with Crippen LogP contribution in [0.4, 0.5) is 4.39 Å². The molecule has 4 aromatic rings. The summed E-state index contributed by atoms with van der Waals surface area (Å²) < 4.78 is 13.3. The second-order valence-corrected chi connectivity index (χ2v) is 7.20. The van der Waals surface area contributed by atoms with Crippen LogP contribution in [0.3, 0.4) is 0 Å². The van der Waals surface area contributed by atoms with Gasteiger partial charge in [0.05, 0.1) is 16.8 Å². The number of para-hydroxylation sites is 1. The molecule has 0 fully saturated rings. The van der Waals surface area contributed by atoms with Crippen LogP contribution in [0.25, 0.3) is 22.2 Å². The summed E-state index contributed by atoms with van der Waals surface area (Å²) in [7, 11) is 0. The smallest absolute Gasteiger partial charge is 0.253 e. The lowest BCUT2D eigenvalue weighted by atomic mass is 10.0. The molecule has 1 amide bonds. The number of aromatic nitrogens is 2. The molecule has 0 bridgehead atoms. The summed E-state index contributed by atoms with van der Waals surface area (Å²) in [6.07, 6.45) is 0. The van der Waals surface area contributed by atoms with Crippen molar-refractivity contribution in [1.29, 1.82) is 0 Å². The number of carbonyl (C=O) groups excluding carboxylic acids is 1. The molecule has 2 heterocycles. The van der Waals surface area contributed by atoms with Gasteiger partial charge in [0, 0.05) is 28.8 Å². The molecular formula is C24H20FN3O2. The molecule has 6 heteroatoms. The highest BCUT2D eigenvalue weighted by Crippen LogP contribution is 2.25.